The van der Waals surface area contributed by atoms with E-state index in [2.05, 4.69) is 20.4 Å². The molecule has 0 bridgehead atoms. The molecule has 1 fully saturated rings. The SMILES string of the molecule is COC(=O)c1ccc(NCC2CCC(NC(=O)c3cc(C(F)(F)F)ccc3Cl)CC2)nc1. The van der Waals surface area contributed by atoms with Crippen molar-refractivity contribution < 1.29 is 27.5 Å². The van der Waals surface area contributed by atoms with Gasteiger partial charge in [-0.05, 0) is 61.9 Å². The van der Waals surface area contributed by atoms with Crippen LogP contribution < -0.4 is 10.6 Å². The van der Waals surface area contributed by atoms with E-state index in [1.54, 1.807) is 12.1 Å². The number of benzene rings is 1. The van der Waals surface area contributed by atoms with Crippen molar-refractivity contribution in [2.75, 3.05) is 19.0 Å². The number of amides is 1. The van der Waals surface area contributed by atoms with Crippen LogP contribution in [0.1, 0.15) is 52.0 Å². The average molecular weight is 470 g/mol. The monoisotopic (exact) mass is 469 g/mol. The highest BCUT2D eigenvalue weighted by Gasteiger charge is 2.32. The highest BCUT2D eigenvalue weighted by Crippen LogP contribution is 2.32. The second-order valence-electron chi connectivity index (χ2n) is 7.69. The largest absolute Gasteiger partial charge is 0.465 e. The number of pyridine rings is 1. The molecule has 0 spiro atoms. The smallest absolute Gasteiger partial charge is 0.416 e. The Hall–Kier alpha value is -2.81. The molecule has 0 radical (unpaired) electrons. The lowest BCUT2D eigenvalue weighted by Gasteiger charge is -2.29. The summed E-state index contributed by atoms with van der Waals surface area (Å²) in [4.78, 5) is 28.1. The number of rotatable bonds is 6. The van der Waals surface area contributed by atoms with Crippen LogP contribution in [0.4, 0.5) is 19.0 Å². The molecule has 0 saturated heterocycles. The Labute approximate surface area is 188 Å². The number of nitrogens with zero attached hydrogens (tertiary/aromatic N) is 1. The second kappa shape index (κ2) is 10.2. The summed E-state index contributed by atoms with van der Waals surface area (Å²) in [6.45, 7) is 0.685. The van der Waals surface area contributed by atoms with Gasteiger partial charge in [0.15, 0.2) is 0 Å². The lowest BCUT2D eigenvalue weighted by Crippen LogP contribution is -2.38. The van der Waals surface area contributed by atoms with Gasteiger partial charge >= 0.3 is 12.1 Å². The van der Waals surface area contributed by atoms with E-state index < -0.39 is 23.6 Å². The summed E-state index contributed by atoms with van der Waals surface area (Å²) in [6.07, 6.45) is 0.00839. The zero-order chi connectivity index (χ0) is 23.3. The molecule has 1 aromatic heterocycles. The number of alkyl halides is 3. The quantitative estimate of drug-likeness (QED) is 0.586. The first-order valence-electron chi connectivity index (χ1n) is 10.1. The maximum atomic E-state index is 12.9. The van der Waals surface area contributed by atoms with Crippen molar-refractivity contribution in [2.24, 2.45) is 5.92 Å². The molecule has 0 unspecified atom stereocenters. The maximum Gasteiger partial charge on any atom is 0.416 e. The first kappa shape index (κ1) is 23.8. The summed E-state index contributed by atoms with van der Waals surface area (Å²) in [5.74, 6) is -0.0388. The van der Waals surface area contributed by atoms with Crippen molar-refractivity contribution in [1.29, 1.82) is 0 Å². The van der Waals surface area contributed by atoms with Gasteiger partial charge in [-0.1, -0.05) is 11.6 Å². The van der Waals surface area contributed by atoms with E-state index in [9.17, 15) is 22.8 Å². The highest BCUT2D eigenvalue weighted by molar-refractivity contribution is 6.33. The number of halogens is 4. The molecule has 1 heterocycles. The van der Waals surface area contributed by atoms with Gasteiger partial charge in [0.1, 0.15) is 5.82 Å². The van der Waals surface area contributed by atoms with Gasteiger partial charge in [-0.3, -0.25) is 4.79 Å². The Morgan fingerprint density at radius 1 is 1.16 bits per heavy atom. The zero-order valence-electron chi connectivity index (χ0n) is 17.3. The third-order valence-corrected chi connectivity index (χ3v) is 5.81. The third-order valence-electron chi connectivity index (χ3n) is 5.48. The molecule has 32 heavy (non-hydrogen) atoms. The van der Waals surface area contributed by atoms with Gasteiger partial charge in [-0.25, -0.2) is 9.78 Å². The van der Waals surface area contributed by atoms with Gasteiger partial charge in [-0.15, -0.1) is 0 Å². The second-order valence-corrected chi connectivity index (χ2v) is 8.10. The van der Waals surface area contributed by atoms with E-state index in [-0.39, 0.29) is 16.6 Å². The normalized spacial score (nSPS) is 18.7. The van der Waals surface area contributed by atoms with E-state index in [1.165, 1.54) is 13.3 Å². The molecule has 1 amide bonds. The lowest BCUT2D eigenvalue weighted by molar-refractivity contribution is -0.137. The molecule has 3 rings (SSSR count). The lowest BCUT2D eigenvalue weighted by atomic mass is 9.86. The molecule has 1 saturated carbocycles. The predicted molar refractivity (Wildman–Crippen MR) is 114 cm³/mol. The highest BCUT2D eigenvalue weighted by atomic mass is 35.5. The number of methoxy groups -OCH3 is 1. The van der Waals surface area contributed by atoms with Gasteiger partial charge in [0.25, 0.3) is 5.91 Å². The van der Waals surface area contributed by atoms with Crippen molar-refractivity contribution >= 4 is 29.3 Å². The Morgan fingerprint density at radius 2 is 1.88 bits per heavy atom. The molecule has 0 aliphatic heterocycles. The van der Waals surface area contributed by atoms with Crippen LogP contribution in [0, 0.1) is 5.92 Å². The topological polar surface area (TPSA) is 80.3 Å². The average Bonchev–Trinajstić information content (AvgIpc) is 2.78. The summed E-state index contributed by atoms with van der Waals surface area (Å²) in [6, 6.07) is 5.94. The zero-order valence-corrected chi connectivity index (χ0v) is 18.1. The molecular weight excluding hydrogens is 447 g/mol. The number of aromatic nitrogens is 1. The predicted octanol–water partition coefficient (Wildman–Crippen LogP) is 4.94. The maximum absolute atomic E-state index is 12.9. The number of hydrogen-bond acceptors (Lipinski definition) is 5. The minimum absolute atomic E-state index is 0.0147. The molecule has 1 aliphatic rings. The minimum Gasteiger partial charge on any atom is -0.465 e. The van der Waals surface area contributed by atoms with Gasteiger partial charge in [0.2, 0.25) is 0 Å². The van der Waals surface area contributed by atoms with Crippen LogP contribution in [0.15, 0.2) is 36.5 Å². The fourth-order valence-electron chi connectivity index (χ4n) is 3.64. The number of hydrogen-bond donors (Lipinski definition) is 2. The van der Waals surface area contributed by atoms with Crippen molar-refractivity contribution in [3.05, 3.63) is 58.2 Å². The van der Waals surface area contributed by atoms with E-state index in [4.69, 9.17) is 11.6 Å². The Morgan fingerprint density at radius 3 is 2.47 bits per heavy atom. The molecule has 172 valence electrons. The van der Waals surface area contributed by atoms with Crippen LogP contribution in [0.2, 0.25) is 5.02 Å². The molecule has 0 atom stereocenters. The van der Waals surface area contributed by atoms with E-state index >= 15 is 0 Å². The van der Waals surface area contributed by atoms with Crippen molar-refractivity contribution in [2.45, 2.75) is 37.9 Å². The Bertz CT molecular complexity index is 959. The number of nitrogens with one attached hydrogen (secondary N) is 2. The first-order valence-corrected chi connectivity index (χ1v) is 10.5. The van der Waals surface area contributed by atoms with Crippen LogP contribution in [0.25, 0.3) is 0 Å². The Kier molecular flexibility index (Phi) is 7.60. The van der Waals surface area contributed by atoms with Crippen molar-refractivity contribution in [1.82, 2.24) is 10.3 Å². The van der Waals surface area contributed by atoms with Crippen LogP contribution in [0.5, 0.6) is 0 Å². The standard InChI is InChI=1S/C22H23ClF3N3O3/c1-32-21(31)14-4-9-19(28-12-14)27-11-13-2-6-16(7-3-13)29-20(30)17-10-15(22(24,25)26)5-8-18(17)23/h4-5,8-10,12-13,16H,2-3,6-7,11H2,1H3,(H,27,28)(H,29,30). The number of carbonyl (C=O) groups is 2. The summed E-state index contributed by atoms with van der Waals surface area (Å²) in [5.41, 5.74) is -0.711. The fraction of sp³-hybridized carbons (Fsp3) is 0.409. The molecular formula is C22H23ClF3N3O3. The van der Waals surface area contributed by atoms with Crippen LogP contribution >= 0.6 is 11.6 Å². The number of anilines is 1. The van der Waals surface area contributed by atoms with Gasteiger partial charge < -0.3 is 15.4 Å². The fourth-order valence-corrected chi connectivity index (χ4v) is 3.84. The van der Waals surface area contributed by atoms with Crippen molar-refractivity contribution in [3.63, 3.8) is 0 Å². The first-order chi connectivity index (χ1) is 15.2. The van der Waals surface area contributed by atoms with Crippen LogP contribution in [0.3, 0.4) is 0 Å². The van der Waals surface area contributed by atoms with Gasteiger partial charge in [0.05, 0.1) is 28.8 Å². The van der Waals surface area contributed by atoms with E-state index in [0.717, 1.165) is 31.0 Å². The number of carbonyl (C=O) groups excluding carboxylic acids is 2. The molecule has 1 aliphatic carbocycles. The summed E-state index contributed by atoms with van der Waals surface area (Å²) in [5, 5.41) is 6.02. The van der Waals surface area contributed by atoms with Crippen LogP contribution in [-0.2, 0) is 10.9 Å². The summed E-state index contributed by atoms with van der Waals surface area (Å²) < 4.78 is 43.4. The van der Waals surface area contributed by atoms with Crippen molar-refractivity contribution in [3.8, 4) is 0 Å². The molecule has 2 N–H and O–H groups in total. The molecule has 10 heteroatoms. The number of ether oxygens (including phenoxy) is 1. The van der Waals surface area contributed by atoms with E-state index in [0.29, 0.717) is 36.7 Å². The van der Waals surface area contributed by atoms with Gasteiger partial charge in [-0.2, -0.15) is 13.2 Å². The summed E-state index contributed by atoms with van der Waals surface area (Å²) in [7, 11) is 1.31. The third kappa shape index (κ3) is 6.12. The minimum atomic E-state index is -4.54. The van der Waals surface area contributed by atoms with Crippen LogP contribution in [-0.4, -0.2) is 36.6 Å². The Balaban J connectivity index is 1.48. The molecule has 6 nitrogen and oxygen atoms in total. The molecule has 2 aromatic rings. The summed E-state index contributed by atoms with van der Waals surface area (Å²) >= 11 is 5.95. The van der Waals surface area contributed by atoms with Gasteiger partial charge in [0, 0.05) is 18.8 Å². The number of esters is 1. The molecule has 1 aromatic carbocycles. The van der Waals surface area contributed by atoms with E-state index in [1.807, 2.05) is 0 Å².